The van der Waals surface area contributed by atoms with E-state index in [-0.39, 0.29) is 24.3 Å². The smallest absolute Gasteiger partial charge is 0.268 e. The lowest BCUT2D eigenvalue weighted by Crippen LogP contribution is -2.52. The molecule has 1 saturated heterocycles. The number of hydrogen-bond acceptors (Lipinski definition) is 5. The first-order chi connectivity index (χ1) is 18.2. The number of likely N-dealkylation sites (tertiary alicyclic amines) is 1. The highest BCUT2D eigenvalue weighted by Gasteiger charge is 2.57. The molecule has 1 spiro atoms. The largest absolute Gasteiger partial charge is 0.496 e. The van der Waals surface area contributed by atoms with Gasteiger partial charge in [0.1, 0.15) is 17.5 Å². The number of nitrogens with one attached hydrogen (secondary N) is 3. The zero-order valence-corrected chi connectivity index (χ0v) is 22.1. The molecule has 0 saturated carbocycles. The van der Waals surface area contributed by atoms with E-state index in [0.717, 1.165) is 22.2 Å². The predicted molar refractivity (Wildman–Crippen MR) is 146 cm³/mol. The van der Waals surface area contributed by atoms with Crippen molar-refractivity contribution >= 4 is 40.5 Å². The number of amides is 3. The number of nitrogens with zero attached hydrogens (tertiary/aromatic N) is 2. The predicted octanol–water partition coefficient (Wildman–Crippen LogP) is 3.49. The van der Waals surface area contributed by atoms with Crippen molar-refractivity contribution in [1.82, 2.24) is 15.2 Å². The molecule has 0 radical (unpaired) electrons. The van der Waals surface area contributed by atoms with Crippen LogP contribution in [0.2, 0.25) is 0 Å². The number of hydrogen-bond donors (Lipinski definition) is 3. The highest BCUT2D eigenvalue weighted by Crippen LogP contribution is 2.48. The number of fused-ring (bicyclic) bond motifs is 3. The fraction of sp³-hybridized carbons (Fsp3) is 0.379. The Morgan fingerprint density at radius 3 is 2.71 bits per heavy atom. The average Bonchev–Trinajstić information content (AvgIpc) is 3.58. The van der Waals surface area contributed by atoms with Gasteiger partial charge in [0.15, 0.2) is 0 Å². The summed E-state index contributed by atoms with van der Waals surface area (Å²) < 4.78 is 5.41. The topological polar surface area (TPSA) is 119 Å². The Morgan fingerprint density at radius 1 is 1.24 bits per heavy atom. The van der Waals surface area contributed by atoms with E-state index in [1.807, 2.05) is 56.3 Å². The van der Waals surface area contributed by atoms with Crippen LogP contribution in [0.1, 0.15) is 42.7 Å². The Balaban J connectivity index is 1.43. The lowest BCUT2D eigenvalue weighted by atomic mass is 9.79. The molecule has 3 atom stereocenters. The van der Waals surface area contributed by atoms with Gasteiger partial charge >= 0.3 is 0 Å². The van der Waals surface area contributed by atoms with Crippen LogP contribution in [0.25, 0.3) is 10.9 Å². The number of likely N-dealkylation sites (N-methyl/N-ethyl adjacent to an activating group) is 1. The molecule has 5 rings (SSSR count). The van der Waals surface area contributed by atoms with Gasteiger partial charge in [-0.1, -0.05) is 38.1 Å². The number of para-hydroxylation sites is 1. The maximum absolute atomic E-state index is 14.0. The molecule has 0 bridgehead atoms. The Kier molecular flexibility index (Phi) is 6.46. The first-order valence-electron chi connectivity index (χ1n) is 12.9. The SMILES string of the molecule is COc1cccc2[nH]c(C(=O)N[C@@H](CC(C)C)C(=O)N3C[C@]4(C[C@H]3C=N)C(=O)N(C)c3ccccc34)cc12. The standard InChI is InChI=1S/C29H33N5O4/c1-17(2)12-23(32-26(35)22-13-19-21(31-22)9-7-11-25(19)38-4)27(36)34-16-29(14-18(34)15-30)20-8-5-6-10-24(20)33(3)28(29)37/h5-11,13,15,17-18,23,30-31H,12,14,16H2,1-4H3,(H,32,35)/t18-,23-,29-/m0/s1. The van der Waals surface area contributed by atoms with E-state index >= 15 is 0 Å². The Morgan fingerprint density at radius 2 is 2.00 bits per heavy atom. The van der Waals surface area contributed by atoms with Crippen LogP contribution in [-0.4, -0.2) is 66.6 Å². The molecule has 9 heteroatoms. The number of aromatic nitrogens is 1. The van der Waals surface area contributed by atoms with Crippen LogP contribution >= 0.6 is 0 Å². The van der Waals surface area contributed by atoms with Gasteiger partial charge in [-0.3, -0.25) is 14.4 Å². The van der Waals surface area contributed by atoms with E-state index in [9.17, 15) is 14.4 Å². The maximum atomic E-state index is 14.0. The van der Waals surface area contributed by atoms with Crippen molar-refractivity contribution in [2.75, 3.05) is 25.6 Å². The lowest BCUT2D eigenvalue weighted by molar-refractivity contribution is -0.133. The number of carbonyl (C=O) groups excluding carboxylic acids is 3. The van der Waals surface area contributed by atoms with Crippen LogP contribution in [0.5, 0.6) is 5.75 Å². The van der Waals surface area contributed by atoms with E-state index < -0.39 is 23.4 Å². The number of H-pyrrole nitrogens is 1. The minimum atomic E-state index is -0.899. The Bertz CT molecular complexity index is 1430. The summed E-state index contributed by atoms with van der Waals surface area (Å²) in [6, 6.07) is 13.5. The third-order valence-corrected chi connectivity index (χ3v) is 7.77. The Labute approximate surface area is 221 Å². The fourth-order valence-corrected chi connectivity index (χ4v) is 5.95. The van der Waals surface area contributed by atoms with E-state index in [0.29, 0.717) is 24.3 Å². The quantitative estimate of drug-likeness (QED) is 0.418. The van der Waals surface area contributed by atoms with Crippen LogP contribution in [0, 0.1) is 11.3 Å². The van der Waals surface area contributed by atoms with Crippen LogP contribution in [0.3, 0.4) is 0 Å². The molecule has 38 heavy (non-hydrogen) atoms. The van der Waals surface area contributed by atoms with Crippen molar-refractivity contribution in [3.8, 4) is 5.75 Å². The number of benzene rings is 2. The summed E-state index contributed by atoms with van der Waals surface area (Å²) in [5.41, 5.74) is 1.90. The summed E-state index contributed by atoms with van der Waals surface area (Å²) in [4.78, 5) is 47.2. The van der Waals surface area contributed by atoms with Gasteiger partial charge < -0.3 is 30.2 Å². The Hall–Kier alpha value is -4.14. The van der Waals surface area contributed by atoms with Gasteiger partial charge in [-0.25, -0.2) is 0 Å². The van der Waals surface area contributed by atoms with Gasteiger partial charge in [-0.05, 0) is 48.6 Å². The molecule has 2 aliphatic rings. The lowest BCUT2D eigenvalue weighted by Gasteiger charge is -2.29. The van der Waals surface area contributed by atoms with E-state index in [4.69, 9.17) is 10.1 Å². The third-order valence-electron chi connectivity index (χ3n) is 7.77. The molecule has 2 aromatic carbocycles. The number of methoxy groups -OCH3 is 1. The van der Waals surface area contributed by atoms with Gasteiger partial charge in [-0.15, -0.1) is 0 Å². The minimum Gasteiger partial charge on any atom is -0.496 e. The highest BCUT2D eigenvalue weighted by atomic mass is 16.5. The number of anilines is 1. The number of ether oxygens (including phenoxy) is 1. The van der Waals surface area contributed by atoms with Crippen LogP contribution in [-0.2, 0) is 15.0 Å². The van der Waals surface area contributed by atoms with Crippen LogP contribution in [0.15, 0.2) is 48.5 Å². The molecular formula is C29H33N5O4. The highest BCUT2D eigenvalue weighted by molar-refractivity contribution is 6.09. The number of rotatable bonds is 7. The van der Waals surface area contributed by atoms with Crippen molar-refractivity contribution in [3.63, 3.8) is 0 Å². The van der Waals surface area contributed by atoms with Crippen molar-refractivity contribution in [1.29, 1.82) is 5.41 Å². The van der Waals surface area contributed by atoms with E-state index in [2.05, 4.69) is 10.3 Å². The second-order valence-corrected chi connectivity index (χ2v) is 10.6. The van der Waals surface area contributed by atoms with Gasteiger partial charge in [0, 0.05) is 36.4 Å². The molecule has 3 heterocycles. The molecule has 3 N–H and O–H groups in total. The molecule has 1 fully saturated rings. The molecule has 0 aliphatic carbocycles. The summed E-state index contributed by atoms with van der Waals surface area (Å²) in [5.74, 6) is 0.0187. The van der Waals surface area contributed by atoms with Gasteiger partial charge in [0.25, 0.3) is 5.91 Å². The molecule has 3 aromatic rings. The average molecular weight is 516 g/mol. The normalized spacial score (nSPS) is 21.3. The molecule has 9 nitrogen and oxygen atoms in total. The molecule has 0 unspecified atom stereocenters. The van der Waals surface area contributed by atoms with Crippen molar-refractivity contribution in [2.45, 2.75) is 44.2 Å². The summed E-state index contributed by atoms with van der Waals surface area (Å²) in [6.45, 7) is 4.15. The summed E-state index contributed by atoms with van der Waals surface area (Å²) in [6.07, 6.45) is 2.00. The first kappa shape index (κ1) is 25.5. The zero-order valence-electron chi connectivity index (χ0n) is 22.1. The second kappa shape index (κ2) is 9.63. The number of carbonyl (C=O) groups is 3. The molecule has 1 aromatic heterocycles. The van der Waals surface area contributed by atoms with Crippen LogP contribution in [0.4, 0.5) is 5.69 Å². The summed E-state index contributed by atoms with van der Waals surface area (Å²) >= 11 is 0. The summed E-state index contributed by atoms with van der Waals surface area (Å²) in [7, 11) is 3.32. The first-order valence-corrected chi connectivity index (χ1v) is 12.9. The minimum absolute atomic E-state index is 0.0719. The fourth-order valence-electron chi connectivity index (χ4n) is 5.95. The zero-order chi connectivity index (χ0) is 27.2. The molecule has 2 aliphatic heterocycles. The van der Waals surface area contributed by atoms with Crippen molar-refractivity contribution < 1.29 is 19.1 Å². The molecular weight excluding hydrogens is 482 g/mol. The molecule has 3 amide bonds. The van der Waals surface area contributed by atoms with Gasteiger partial charge in [0.05, 0.1) is 18.6 Å². The monoisotopic (exact) mass is 515 g/mol. The third kappa shape index (κ3) is 4.02. The van der Waals surface area contributed by atoms with Crippen LogP contribution < -0.4 is 15.0 Å². The number of aromatic amines is 1. The maximum Gasteiger partial charge on any atom is 0.268 e. The summed E-state index contributed by atoms with van der Waals surface area (Å²) in [5, 5.41) is 11.8. The van der Waals surface area contributed by atoms with Crippen molar-refractivity contribution in [3.05, 3.63) is 59.8 Å². The molecule has 198 valence electrons. The van der Waals surface area contributed by atoms with Gasteiger partial charge in [-0.2, -0.15) is 0 Å². The van der Waals surface area contributed by atoms with E-state index in [1.165, 1.54) is 6.21 Å². The van der Waals surface area contributed by atoms with Crippen molar-refractivity contribution in [2.24, 2.45) is 5.92 Å². The second-order valence-electron chi connectivity index (χ2n) is 10.6. The van der Waals surface area contributed by atoms with Gasteiger partial charge in [0.2, 0.25) is 11.8 Å². The van der Waals surface area contributed by atoms with E-state index in [1.54, 1.807) is 30.0 Å².